The predicted molar refractivity (Wildman–Crippen MR) is 77.6 cm³/mol. The number of nitrogen functional groups attached to an aromatic ring is 1. The second-order valence-corrected chi connectivity index (χ2v) is 5.25. The Balaban J connectivity index is 2.28. The molecule has 0 spiro atoms. The molecular weight excluding hydrogens is 282 g/mol. The van der Waals surface area contributed by atoms with Gasteiger partial charge in [-0.1, -0.05) is 23.4 Å². The van der Waals surface area contributed by atoms with Crippen LogP contribution in [0.5, 0.6) is 0 Å². The third-order valence-corrected chi connectivity index (χ3v) is 3.67. The number of nitrogens with one attached hydrogen (secondary N) is 1. The Morgan fingerprint density at radius 2 is 2.16 bits per heavy atom. The van der Waals surface area contributed by atoms with Gasteiger partial charge in [0, 0.05) is 29.4 Å². The van der Waals surface area contributed by atoms with Crippen LogP contribution in [0, 0.1) is 0 Å². The average Bonchev–Trinajstić information content (AvgIpc) is 2.43. The molecular formula is C13H12ClN3OS. The van der Waals surface area contributed by atoms with Crippen LogP contribution in [0.25, 0.3) is 0 Å². The predicted octanol–water partition coefficient (Wildman–Crippen LogP) is 2.83. The highest BCUT2D eigenvalue weighted by Gasteiger charge is 2.08. The van der Waals surface area contributed by atoms with E-state index < -0.39 is 0 Å². The first kappa shape index (κ1) is 13.7. The fraction of sp³-hybridized carbons (Fsp3) is 0.0769. The number of aromatic nitrogens is 1. The molecule has 19 heavy (non-hydrogen) atoms. The van der Waals surface area contributed by atoms with E-state index in [2.05, 4.69) is 10.3 Å². The Kier molecular flexibility index (Phi) is 4.29. The Morgan fingerprint density at radius 1 is 1.37 bits per heavy atom. The molecule has 0 atom stereocenters. The van der Waals surface area contributed by atoms with E-state index >= 15 is 0 Å². The summed E-state index contributed by atoms with van der Waals surface area (Å²) in [5, 5.41) is 3.93. The monoisotopic (exact) mass is 293 g/mol. The van der Waals surface area contributed by atoms with Crippen molar-refractivity contribution in [2.24, 2.45) is 0 Å². The number of nitrogens with two attached hydrogens (primary N) is 1. The number of hydrogen-bond donors (Lipinski definition) is 2. The quantitative estimate of drug-likeness (QED) is 0.854. The molecule has 0 saturated heterocycles. The van der Waals surface area contributed by atoms with Crippen molar-refractivity contribution in [1.82, 2.24) is 10.3 Å². The molecule has 0 saturated carbocycles. The highest BCUT2D eigenvalue weighted by Crippen LogP contribution is 2.31. The van der Waals surface area contributed by atoms with Gasteiger partial charge < -0.3 is 11.1 Å². The second-order valence-electron chi connectivity index (χ2n) is 3.75. The van der Waals surface area contributed by atoms with Gasteiger partial charge in [-0.3, -0.25) is 4.79 Å². The van der Waals surface area contributed by atoms with Gasteiger partial charge in [-0.2, -0.15) is 0 Å². The number of hydrogen-bond acceptors (Lipinski definition) is 4. The minimum atomic E-state index is -0.147. The van der Waals surface area contributed by atoms with Crippen molar-refractivity contribution in [3.05, 3.63) is 47.1 Å². The zero-order valence-corrected chi connectivity index (χ0v) is 11.8. The molecule has 1 aromatic carbocycles. The number of benzene rings is 1. The lowest BCUT2D eigenvalue weighted by atomic mass is 10.2. The molecule has 2 aromatic rings. The summed E-state index contributed by atoms with van der Waals surface area (Å²) in [6, 6.07) is 8.71. The zero-order valence-electron chi connectivity index (χ0n) is 10.2. The summed E-state index contributed by atoms with van der Waals surface area (Å²) in [5.74, 6) is -0.147. The van der Waals surface area contributed by atoms with Gasteiger partial charge >= 0.3 is 0 Å². The van der Waals surface area contributed by atoms with Crippen molar-refractivity contribution < 1.29 is 4.79 Å². The van der Waals surface area contributed by atoms with E-state index in [4.69, 9.17) is 17.3 Å². The smallest absolute Gasteiger partial charge is 0.251 e. The van der Waals surface area contributed by atoms with Crippen molar-refractivity contribution in [3.63, 3.8) is 0 Å². The molecule has 6 heteroatoms. The Bertz CT molecular complexity index is 601. The highest BCUT2D eigenvalue weighted by atomic mass is 35.5. The van der Waals surface area contributed by atoms with Crippen molar-refractivity contribution >= 4 is 35.0 Å². The SMILES string of the molecule is CNC(=O)c1ccc(N)c(Sc2ccc(Cl)cn2)c1. The van der Waals surface area contributed by atoms with Crippen LogP contribution in [0.2, 0.25) is 5.02 Å². The van der Waals surface area contributed by atoms with Gasteiger partial charge in [-0.05, 0) is 30.3 Å². The largest absolute Gasteiger partial charge is 0.398 e. The van der Waals surface area contributed by atoms with Gasteiger partial charge in [0.25, 0.3) is 5.91 Å². The van der Waals surface area contributed by atoms with Crippen LogP contribution in [-0.2, 0) is 0 Å². The molecule has 0 fully saturated rings. The zero-order chi connectivity index (χ0) is 13.8. The summed E-state index contributed by atoms with van der Waals surface area (Å²) in [5.41, 5.74) is 7.07. The number of anilines is 1. The summed E-state index contributed by atoms with van der Waals surface area (Å²) in [6.07, 6.45) is 1.57. The third kappa shape index (κ3) is 3.39. The molecule has 0 unspecified atom stereocenters. The number of amides is 1. The first-order valence-electron chi connectivity index (χ1n) is 5.51. The number of carbonyl (C=O) groups is 1. The van der Waals surface area contributed by atoms with Gasteiger partial charge in [0.2, 0.25) is 0 Å². The number of carbonyl (C=O) groups excluding carboxylic acids is 1. The first-order valence-corrected chi connectivity index (χ1v) is 6.70. The van der Waals surface area contributed by atoms with Crippen LogP contribution in [0.15, 0.2) is 46.5 Å². The van der Waals surface area contributed by atoms with Crippen LogP contribution in [0.4, 0.5) is 5.69 Å². The molecule has 4 nitrogen and oxygen atoms in total. The van der Waals surface area contributed by atoms with E-state index in [1.54, 1.807) is 43.6 Å². The molecule has 1 aromatic heterocycles. The molecule has 1 heterocycles. The lowest BCUT2D eigenvalue weighted by molar-refractivity contribution is 0.0963. The van der Waals surface area contributed by atoms with E-state index in [1.165, 1.54) is 11.8 Å². The molecule has 2 rings (SSSR count). The van der Waals surface area contributed by atoms with Gasteiger partial charge in [0.1, 0.15) is 5.03 Å². The minimum absolute atomic E-state index is 0.147. The molecule has 0 bridgehead atoms. The third-order valence-electron chi connectivity index (χ3n) is 2.42. The van der Waals surface area contributed by atoms with Crippen LogP contribution in [-0.4, -0.2) is 17.9 Å². The van der Waals surface area contributed by atoms with Crippen molar-refractivity contribution in [2.75, 3.05) is 12.8 Å². The average molecular weight is 294 g/mol. The lowest BCUT2D eigenvalue weighted by Crippen LogP contribution is -2.17. The minimum Gasteiger partial charge on any atom is -0.398 e. The summed E-state index contributed by atoms with van der Waals surface area (Å²) >= 11 is 7.17. The van der Waals surface area contributed by atoms with E-state index in [9.17, 15) is 4.79 Å². The molecule has 0 aliphatic rings. The highest BCUT2D eigenvalue weighted by molar-refractivity contribution is 7.99. The summed E-state index contributed by atoms with van der Waals surface area (Å²) < 4.78 is 0. The van der Waals surface area contributed by atoms with E-state index in [0.717, 1.165) is 9.92 Å². The maximum Gasteiger partial charge on any atom is 0.251 e. The summed E-state index contributed by atoms with van der Waals surface area (Å²) in [6.45, 7) is 0. The van der Waals surface area contributed by atoms with Gasteiger partial charge in [-0.15, -0.1) is 0 Å². The number of pyridine rings is 1. The Labute approximate surface area is 120 Å². The van der Waals surface area contributed by atoms with Gasteiger partial charge in [0.05, 0.1) is 5.02 Å². The van der Waals surface area contributed by atoms with Crippen LogP contribution < -0.4 is 11.1 Å². The van der Waals surface area contributed by atoms with Crippen LogP contribution in [0.3, 0.4) is 0 Å². The van der Waals surface area contributed by atoms with E-state index in [-0.39, 0.29) is 5.91 Å². The molecule has 98 valence electrons. The molecule has 0 radical (unpaired) electrons. The fourth-order valence-corrected chi connectivity index (χ4v) is 2.39. The van der Waals surface area contributed by atoms with Crippen molar-refractivity contribution in [2.45, 2.75) is 9.92 Å². The van der Waals surface area contributed by atoms with Gasteiger partial charge in [0.15, 0.2) is 0 Å². The van der Waals surface area contributed by atoms with E-state index in [1.807, 2.05) is 0 Å². The maximum atomic E-state index is 11.6. The lowest BCUT2D eigenvalue weighted by Gasteiger charge is -2.07. The van der Waals surface area contributed by atoms with E-state index in [0.29, 0.717) is 16.3 Å². The van der Waals surface area contributed by atoms with Crippen LogP contribution >= 0.6 is 23.4 Å². The second kappa shape index (κ2) is 5.95. The Hall–Kier alpha value is -1.72. The molecule has 3 N–H and O–H groups in total. The van der Waals surface area contributed by atoms with Crippen molar-refractivity contribution in [3.8, 4) is 0 Å². The summed E-state index contributed by atoms with van der Waals surface area (Å²) in [7, 11) is 1.59. The summed E-state index contributed by atoms with van der Waals surface area (Å²) in [4.78, 5) is 16.6. The molecule has 0 aliphatic heterocycles. The van der Waals surface area contributed by atoms with Crippen LogP contribution in [0.1, 0.15) is 10.4 Å². The Morgan fingerprint density at radius 3 is 2.79 bits per heavy atom. The van der Waals surface area contributed by atoms with Crippen molar-refractivity contribution in [1.29, 1.82) is 0 Å². The number of halogens is 1. The molecule has 0 aliphatic carbocycles. The first-order chi connectivity index (χ1) is 9.10. The maximum absolute atomic E-state index is 11.6. The standard InChI is InChI=1S/C13H12ClN3OS/c1-16-13(18)8-2-4-10(15)11(6-8)19-12-5-3-9(14)7-17-12/h2-7H,15H2,1H3,(H,16,18). The van der Waals surface area contributed by atoms with Gasteiger partial charge in [-0.25, -0.2) is 4.98 Å². The number of rotatable bonds is 3. The molecule has 1 amide bonds. The topological polar surface area (TPSA) is 68.0 Å². The fourth-order valence-electron chi connectivity index (χ4n) is 1.44. The normalized spacial score (nSPS) is 10.2. The number of nitrogens with zero attached hydrogens (tertiary/aromatic N) is 1.